The van der Waals surface area contributed by atoms with Crippen LogP contribution in [0, 0.1) is 0 Å². The number of sulfone groups is 1. The molecule has 17 heavy (non-hydrogen) atoms. The van der Waals surface area contributed by atoms with Crippen LogP contribution in [0.3, 0.4) is 0 Å². The van der Waals surface area contributed by atoms with Crippen molar-refractivity contribution in [2.24, 2.45) is 0 Å². The first-order valence-corrected chi connectivity index (χ1v) is 7.85. The van der Waals surface area contributed by atoms with E-state index in [9.17, 15) is 13.2 Å². The monoisotopic (exact) mass is 261 g/mol. The second-order valence-electron chi connectivity index (χ2n) is 4.75. The van der Waals surface area contributed by atoms with Gasteiger partial charge in [0.05, 0.1) is 11.5 Å². The van der Waals surface area contributed by atoms with Crippen molar-refractivity contribution in [3.05, 3.63) is 0 Å². The third-order valence-electron chi connectivity index (χ3n) is 3.24. The number of carbonyl (C=O) groups is 1. The third-order valence-corrected chi connectivity index (χ3v) is 5.01. The Labute approximate surface area is 101 Å². The average Bonchev–Trinajstić information content (AvgIpc) is 2.85. The van der Waals surface area contributed by atoms with Gasteiger partial charge in [0.2, 0.25) is 0 Å². The molecule has 2 unspecified atom stereocenters. The highest BCUT2D eigenvalue weighted by molar-refractivity contribution is 7.91. The molecule has 2 rings (SSSR count). The topological polar surface area (TPSA) is 87.3 Å². The molecule has 0 bridgehead atoms. The number of amides is 2. The van der Waals surface area contributed by atoms with Crippen molar-refractivity contribution in [1.29, 1.82) is 0 Å². The number of nitrogens with one attached hydrogen (secondary N) is 3. The zero-order chi connectivity index (χ0) is 12.3. The highest BCUT2D eigenvalue weighted by Gasteiger charge is 2.28. The summed E-state index contributed by atoms with van der Waals surface area (Å²) in [6.07, 6.45) is 2.75. The van der Waals surface area contributed by atoms with Gasteiger partial charge in [-0.05, 0) is 25.8 Å². The fourth-order valence-electron chi connectivity index (χ4n) is 2.29. The molecule has 0 aromatic heterocycles. The summed E-state index contributed by atoms with van der Waals surface area (Å²) in [4.78, 5) is 11.5. The lowest BCUT2D eigenvalue weighted by Crippen LogP contribution is -2.46. The Morgan fingerprint density at radius 3 is 2.76 bits per heavy atom. The average molecular weight is 261 g/mol. The number of rotatable bonds is 3. The molecule has 0 aromatic rings. The van der Waals surface area contributed by atoms with Gasteiger partial charge in [-0.25, -0.2) is 13.2 Å². The molecular weight excluding hydrogens is 242 g/mol. The van der Waals surface area contributed by atoms with E-state index in [2.05, 4.69) is 16.0 Å². The molecule has 98 valence electrons. The van der Waals surface area contributed by atoms with Gasteiger partial charge in [-0.1, -0.05) is 0 Å². The van der Waals surface area contributed by atoms with Crippen molar-refractivity contribution in [2.75, 3.05) is 24.6 Å². The summed E-state index contributed by atoms with van der Waals surface area (Å²) in [7, 11) is -2.93. The molecule has 0 spiro atoms. The summed E-state index contributed by atoms with van der Waals surface area (Å²) in [5.41, 5.74) is 0. The number of carbonyl (C=O) groups excluding carboxylic acids is 1. The van der Waals surface area contributed by atoms with Crippen LogP contribution >= 0.6 is 0 Å². The van der Waals surface area contributed by atoms with Gasteiger partial charge in [-0.15, -0.1) is 0 Å². The van der Waals surface area contributed by atoms with Gasteiger partial charge < -0.3 is 16.0 Å². The Hall–Kier alpha value is -0.820. The second-order valence-corrected chi connectivity index (χ2v) is 6.98. The highest BCUT2D eigenvalue weighted by atomic mass is 32.2. The van der Waals surface area contributed by atoms with E-state index >= 15 is 0 Å². The lowest BCUT2D eigenvalue weighted by molar-refractivity contribution is 0.237. The molecular formula is C10H19N3O3S. The third kappa shape index (κ3) is 3.85. The van der Waals surface area contributed by atoms with Crippen molar-refractivity contribution >= 4 is 15.9 Å². The Balaban J connectivity index is 1.67. The molecule has 2 heterocycles. The van der Waals surface area contributed by atoms with Crippen molar-refractivity contribution in [3.63, 3.8) is 0 Å². The molecule has 3 N–H and O–H groups in total. The largest absolute Gasteiger partial charge is 0.337 e. The van der Waals surface area contributed by atoms with Crippen LogP contribution < -0.4 is 16.0 Å². The van der Waals surface area contributed by atoms with Gasteiger partial charge in [-0.3, -0.25) is 0 Å². The van der Waals surface area contributed by atoms with Gasteiger partial charge in [0, 0.05) is 18.6 Å². The zero-order valence-electron chi connectivity index (χ0n) is 9.74. The molecule has 2 aliphatic heterocycles. The first-order chi connectivity index (χ1) is 8.05. The maximum Gasteiger partial charge on any atom is 0.315 e. The van der Waals surface area contributed by atoms with Crippen molar-refractivity contribution in [2.45, 2.75) is 31.3 Å². The van der Waals surface area contributed by atoms with Crippen LogP contribution in [0.5, 0.6) is 0 Å². The van der Waals surface area contributed by atoms with Gasteiger partial charge in [0.15, 0.2) is 9.84 Å². The molecule has 2 atom stereocenters. The van der Waals surface area contributed by atoms with E-state index < -0.39 is 9.84 Å². The summed E-state index contributed by atoms with van der Waals surface area (Å²) in [6.45, 7) is 1.61. The Morgan fingerprint density at radius 2 is 2.18 bits per heavy atom. The van der Waals surface area contributed by atoms with Crippen LogP contribution in [-0.2, 0) is 9.84 Å². The lowest BCUT2D eigenvalue weighted by Gasteiger charge is -2.14. The van der Waals surface area contributed by atoms with Crippen LogP contribution in [0.15, 0.2) is 0 Å². The molecule has 7 heteroatoms. The fraction of sp³-hybridized carbons (Fsp3) is 0.900. The fourth-order valence-corrected chi connectivity index (χ4v) is 3.97. The quantitative estimate of drug-likeness (QED) is 0.622. The first kappa shape index (κ1) is 12.6. The minimum absolute atomic E-state index is 0.0715. The summed E-state index contributed by atoms with van der Waals surface area (Å²) < 4.78 is 22.4. The van der Waals surface area contributed by atoms with Crippen LogP contribution in [0.2, 0.25) is 0 Å². The first-order valence-electron chi connectivity index (χ1n) is 6.03. The predicted molar refractivity (Wildman–Crippen MR) is 64.6 cm³/mol. The Bertz CT molecular complexity index is 376. The summed E-state index contributed by atoms with van der Waals surface area (Å²) in [6, 6.07) is -0.134. The molecule has 0 aliphatic carbocycles. The smallest absolute Gasteiger partial charge is 0.315 e. The molecule has 2 fully saturated rings. The molecule has 0 radical (unpaired) electrons. The van der Waals surface area contributed by atoms with Crippen LogP contribution in [0.4, 0.5) is 4.79 Å². The minimum atomic E-state index is -2.93. The van der Waals surface area contributed by atoms with E-state index in [0.29, 0.717) is 19.0 Å². The van der Waals surface area contributed by atoms with Gasteiger partial charge in [0.25, 0.3) is 0 Å². The van der Waals surface area contributed by atoms with Crippen molar-refractivity contribution < 1.29 is 13.2 Å². The summed E-state index contributed by atoms with van der Waals surface area (Å²) >= 11 is 0. The van der Waals surface area contributed by atoms with E-state index in [0.717, 1.165) is 19.4 Å². The van der Waals surface area contributed by atoms with E-state index in [-0.39, 0.29) is 23.6 Å². The summed E-state index contributed by atoms with van der Waals surface area (Å²) in [5.74, 6) is 0.254. The molecule has 6 nitrogen and oxygen atoms in total. The van der Waals surface area contributed by atoms with Gasteiger partial charge in [0.1, 0.15) is 0 Å². The maximum atomic E-state index is 11.5. The van der Waals surface area contributed by atoms with Gasteiger partial charge >= 0.3 is 6.03 Å². The minimum Gasteiger partial charge on any atom is -0.337 e. The maximum absolute atomic E-state index is 11.5. The van der Waals surface area contributed by atoms with Gasteiger partial charge in [-0.2, -0.15) is 0 Å². The van der Waals surface area contributed by atoms with Crippen LogP contribution in [-0.4, -0.2) is 51.1 Å². The second kappa shape index (κ2) is 5.22. The van der Waals surface area contributed by atoms with E-state index in [4.69, 9.17) is 0 Å². The normalized spacial score (nSPS) is 31.3. The van der Waals surface area contributed by atoms with E-state index in [1.54, 1.807) is 0 Å². The Morgan fingerprint density at radius 1 is 1.35 bits per heavy atom. The lowest BCUT2D eigenvalue weighted by atomic mass is 10.2. The molecule has 2 amide bonds. The van der Waals surface area contributed by atoms with E-state index in [1.165, 1.54) is 0 Å². The van der Waals surface area contributed by atoms with Crippen LogP contribution in [0.1, 0.15) is 19.3 Å². The molecule has 2 aliphatic rings. The van der Waals surface area contributed by atoms with E-state index in [1.807, 2.05) is 0 Å². The van der Waals surface area contributed by atoms with Crippen molar-refractivity contribution in [1.82, 2.24) is 16.0 Å². The highest BCUT2D eigenvalue weighted by Crippen LogP contribution is 2.10. The standard InChI is InChI=1S/C10H19N3O3S/c14-10(12-6-8-2-1-4-11-8)13-9-3-5-17(15,16)7-9/h8-9,11H,1-7H2,(H2,12,13,14). The molecule has 0 saturated carbocycles. The molecule has 0 aromatic carbocycles. The number of urea groups is 1. The predicted octanol–water partition coefficient (Wildman–Crippen LogP) is -0.775. The van der Waals surface area contributed by atoms with Crippen molar-refractivity contribution in [3.8, 4) is 0 Å². The molecule has 2 saturated heterocycles. The summed E-state index contributed by atoms with van der Waals surface area (Å²) in [5, 5.41) is 8.75. The Kier molecular flexibility index (Phi) is 3.88. The SMILES string of the molecule is O=C(NCC1CCCN1)NC1CCS(=O)(=O)C1. The number of hydrogen-bond donors (Lipinski definition) is 3. The number of hydrogen-bond acceptors (Lipinski definition) is 4. The van der Waals surface area contributed by atoms with Crippen LogP contribution in [0.25, 0.3) is 0 Å². The zero-order valence-corrected chi connectivity index (χ0v) is 10.6.